The zero-order valence-electron chi connectivity index (χ0n) is 10.8. The lowest BCUT2D eigenvalue weighted by Crippen LogP contribution is -2.36. The van der Waals surface area contributed by atoms with E-state index in [1.54, 1.807) is 13.2 Å². The quantitative estimate of drug-likeness (QED) is 0.783. The highest BCUT2D eigenvalue weighted by Gasteiger charge is 2.38. The Balaban J connectivity index is 2.22. The van der Waals surface area contributed by atoms with Crippen molar-refractivity contribution in [1.82, 2.24) is 9.29 Å². The van der Waals surface area contributed by atoms with E-state index in [-0.39, 0.29) is 17.7 Å². The van der Waals surface area contributed by atoms with Crippen LogP contribution in [0.1, 0.15) is 18.4 Å². The summed E-state index contributed by atoms with van der Waals surface area (Å²) >= 11 is 0. The molecule has 0 saturated heterocycles. The first-order chi connectivity index (χ1) is 9.09. The molecule has 7 heteroatoms. The molecule has 0 radical (unpaired) electrons. The van der Waals surface area contributed by atoms with Gasteiger partial charge < -0.3 is 9.84 Å². The Morgan fingerprint density at radius 2 is 2.21 bits per heavy atom. The molecule has 19 heavy (non-hydrogen) atoms. The third-order valence-electron chi connectivity index (χ3n) is 3.02. The normalized spacial score (nSPS) is 15.9. The van der Waals surface area contributed by atoms with Crippen molar-refractivity contribution >= 4 is 10.0 Å². The van der Waals surface area contributed by atoms with Crippen LogP contribution in [0.4, 0.5) is 0 Å². The van der Waals surface area contributed by atoms with Crippen LogP contribution in [0.15, 0.2) is 23.4 Å². The lowest BCUT2D eigenvalue weighted by molar-refractivity contribution is 0.177. The average Bonchev–Trinajstić information content (AvgIpc) is 3.23. The first-order valence-electron chi connectivity index (χ1n) is 6.16. The Morgan fingerprint density at radius 1 is 1.47 bits per heavy atom. The van der Waals surface area contributed by atoms with Crippen molar-refractivity contribution in [2.75, 3.05) is 20.3 Å². The fourth-order valence-electron chi connectivity index (χ4n) is 1.82. The highest BCUT2D eigenvalue weighted by molar-refractivity contribution is 7.89. The summed E-state index contributed by atoms with van der Waals surface area (Å²) in [6.45, 7) is 0.556. The maximum absolute atomic E-state index is 12.5. The first kappa shape index (κ1) is 14.4. The van der Waals surface area contributed by atoms with E-state index in [4.69, 9.17) is 9.84 Å². The number of nitrogens with zero attached hydrogens (tertiary/aromatic N) is 2. The molecule has 6 nitrogen and oxygen atoms in total. The molecule has 0 aromatic carbocycles. The van der Waals surface area contributed by atoms with Gasteiger partial charge in [-0.3, -0.25) is 0 Å². The molecule has 1 N–H and O–H groups in total. The molecule has 0 unspecified atom stereocenters. The second-order valence-corrected chi connectivity index (χ2v) is 6.34. The molecule has 0 amide bonds. The van der Waals surface area contributed by atoms with Crippen molar-refractivity contribution in [2.45, 2.75) is 30.5 Å². The van der Waals surface area contributed by atoms with Gasteiger partial charge in [0.05, 0.1) is 13.2 Å². The summed E-state index contributed by atoms with van der Waals surface area (Å²) in [5, 5.41) is 8.96. The Bertz CT molecular complexity index is 511. The van der Waals surface area contributed by atoms with Gasteiger partial charge in [0, 0.05) is 25.9 Å². The van der Waals surface area contributed by atoms with Gasteiger partial charge in [0.1, 0.15) is 0 Å². The standard InChI is InChI=1S/C12H18N2O4S/c1-18-7-6-14(11-3-4-11)19(16,17)12-5-2-10(9-15)8-13-12/h2,5,8,11,15H,3-4,6-7,9H2,1H3. The lowest BCUT2D eigenvalue weighted by Gasteiger charge is -2.20. The highest BCUT2D eigenvalue weighted by atomic mass is 32.2. The minimum absolute atomic E-state index is 0.0210. The van der Waals surface area contributed by atoms with Gasteiger partial charge in [-0.1, -0.05) is 6.07 Å². The number of aromatic nitrogens is 1. The fraction of sp³-hybridized carbons (Fsp3) is 0.583. The zero-order chi connectivity index (χ0) is 13.9. The molecule has 106 valence electrons. The van der Waals surface area contributed by atoms with Crippen molar-refractivity contribution in [2.24, 2.45) is 0 Å². The summed E-state index contributed by atoms with van der Waals surface area (Å²) in [5.74, 6) is 0. The van der Waals surface area contributed by atoms with E-state index in [9.17, 15) is 8.42 Å². The number of hydrogen-bond acceptors (Lipinski definition) is 5. The molecule has 0 atom stereocenters. The molecule has 1 saturated carbocycles. The van der Waals surface area contributed by atoms with Gasteiger partial charge in [0.15, 0.2) is 5.03 Å². The van der Waals surface area contributed by atoms with Crippen LogP contribution in [0.25, 0.3) is 0 Å². The van der Waals surface area contributed by atoms with E-state index in [0.717, 1.165) is 12.8 Å². The second kappa shape index (κ2) is 5.96. The number of pyridine rings is 1. The Labute approximate surface area is 113 Å². The summed E-state index contributed by atoms with van der Waals surface area (Å²) < 4.78 is 31.3. The van der Waals surface area contributed by atoms with Gasteiger partial charge in [0.2, 0.25) is 0 Å². The third-order valence-corrected chi connectivity index (χ3v) is 4.89. The summed E-state index contributed by atoms with van der Waals surface area (Å²) in [5.41, 5.74) is 0.591. The van der Waals surface area contributed by atoms with E-state index >= 15 is 0 Å². The molecule has 1 aromatic heterocycles. The molecule has 0 spiro atoms. The first-order valence-corrected chi connectivity index (χ1v) is 7.60. The van der Waals surface area contributed by atoms with Crippen LogP contribution in [-0.4, -0.2) is 49.1 Å². The minimum Gasteiger partial charge on any atom is -0.392 e. The van der Waals surface area contributed by atoms with Crippen LogP contribution in [0.2, 0.25) is 0 Å². The molecule has 0 bridgehead atoms. The maximum Gasteiger partial charge on any atom is 0.260 e. The lowest BCUT2D eigenvalue weighted by atomic mass is 10.3. The molecule has 1 heterocycles. The molecule has 2 rings (SSSR count). The summed E-state index contributed by atoms with van der Waals surface area (Å²) in [7, 11) is -2.03. The van der Waals surface area contributed by atoms with Gasteiger partial charge in [-0.2, -0.15) is 4.31 Å². The van der Waals surface area contributed by atoms with Crippen LogP contribution < -0.4 is 0 Å². The van der Waals surface area contributed by atoms with Crippen LogP contribution in [0.5, 0.6) is 0 Å². The number of ether oxygens (including phenoxy) is 1. The van der Waals surface area contributed by atoms with Crippen LogP contribution in [0.3, 0.4) is 0 Å². The molecule has 1 fully saturated rings. The SMILES string of the molecule is COCCN(C1CC1)S(=O)(=O)c1ccc(CO)cn1. The summed E-state index contributed by atoms with van der Waals surface area (Å²) in [6.07, 6.45) is 3.16. The number of aliphatic hydroxyl groups is 1. The van der Waals surface area contributed by atoms with Gasteiger partial charge in [0.25, 0.3) is 10.0 Å². The average molecular weight is 286 g/mol. The monoisotopic (exact) mass is 286 g/mol. The van der Waals surface area contributed by atoms with Crippen molar-refractivity contribution in [1.29, 1.82) is 0 Å². The maximum atomic E-state index is 12.5. The summed E-state index contributed by atoms with van der Waals surface area (Å²) in [6, 6.07) is 3.07. The zero-order valence-corrected chi connectivity index (χ0v) is 11.6. The van der Waals surface area contributed by atoms with E-state index in [1.165, 1.54) is 16.6 Å². The molecular formula is C12H18N2O4S. The van der Waals surface area contributed by atoms with Gasteiger partial charge >= 0.3 is 0 Å². The minimum atomic E-state index is -3.57. The van der Waals surface area contributed by atoms with E-state index in [0.29, 0.717) is 18.7 Å². The van der Waals surface area contributed by atoms with Gasteiger partial charge in [-0.15, -0.1) is 0 Å². The Morgan fingerprint density at radius 3 is 2.68 bits per heavy atom. The third kappa shape index (κ3) is 3.30. The summed E-state index contributed by atoms with van der Waals surface area (Å²) in [4.78, 5) is 3.93. The molecule has 1 aromatic rings. The van der Waals surface area contributed by atoms with Crippen LogP contribution in [0, 0.1) is 0 Å². The van der Waals surface area contributed by atoms with Crippen molar-refractivity contribution in [3.8, 4) is 0 Å². The topological polar surface area (TPSA) is 79.7 Å². The van der Waals surface area contributed by atoms with E-state index < -0.39 is 10.0 Å². The number of aliphatic hydroxyl groups excluding tert-OH is 1. The van der Waals surface area contributed by atoms with E-state index in [2.05, 4.69) is 4.98 Å². The van der Waals surface area contributed by atoms with Gasteiger partial charge in [-0.25, -0.2) is 13.4 Å². The highest BCUT2D eigenvalue weighted by Crippen LogP contribution is 2.31. The van der Waals surface area contributed by atoms with Crippen molar-refractivity contribution in [3.63, 3.8) is 0 Å². The fourth-order valence-corrected chi connectivity index (χ4v) is 3.40. The molecular weight excluding hydrogens is 268 g/mol. The Kier molecular flexibility index (Phi) is 4.51. The molecule has 1 aliphatic rings. The van der Waals surface area contributed by atoms with Crippen LogP contribution >= 0.6 is 0 Å². The van der Waals surface area contributed by atoms with Gasteiger partial charge in [-0.05, 0) is 24.5 Å². The van der Waals surface area contributed by atoms with Crippen molar-refractivity contribution < 1.29 is 18.3 Å². The molecule has 0 aliphatic heterocycles. The van der Waals surface area contributed by atoms with Crippen molar-refractivity contribution in [3.05, 3.63) is 23.9 Å². The number of sulfonamides is 1. The molecule has 1 aliphatic carbocycles. The van der Waals surface area contributed by atoms with E-state index in [1.807, 2.05) is 0 Å². The largest absolute Gasteiger partial charge is 0.392 e. The number of hydrogen-bond donors (Lipinski definition) is 1. The smallest absolute Gasteiger partial charge is 0.260 e. The predicted octanol–water partition coefficient (Wildman–Crippen LogP) is 0.373. The predicted molar refractivity (Wildman–Crippen MR) is 68.9 cm³/mol. The number of methoxy groups -OCH3 is 1. The van der Waals surface area contributed by atoms with Crippen LogP contribution in [-0.2, 0) is 21.4 Å². The second-order valence-electron chi connectivity index (χ2n) is 4.50. The number of rotatable bonds is 7. The Hall–Kier alpha value is -1.02.